The highest BCUT2D eigenvalue weighted by atomic mass is 32.2. The van der Waals surface area contributed by atoms with Crippen LogP contribution in [0.3, 0.4) is 0 Å². The van der Waals surface area contributed by atoms with Crippen molar-refractivity contribution in [1.82, 2.24) is 4.98 Å². The molecule has 1 aromatic heterocycles. The van der Waals surface area contributed by atoms with E-state index in [1.807, 2.05) is 30.9 Å². The maximum Gasteiger partial charge on any atom is 0.0569 e. The molecule has 3 nitrogen and oxygen atoms in total. The van der Waals surface area contributed by atoms with Crippen LogP contribution in [0.1, 0.15) is 32.5 Å². The van der Waals surface area contributed by atoms with Crippen LogP contribution in [0.4, 0.5) is 5.69 Å². The molecule has 94 valence electrons. The van der Waals surface area contributed by atoms with Gasteiger partial charge >= 0.3 is 0 Å². The van der Waals surface area contributed by atoms with Gasteiger partial charge in [0, 0.05) is 29.6 Å². The maximum atomic E-state index is 5.81. The molecule has 0 saturated carbocycles. The molecule has 1 aliphatic heterocycles. The van der Waals surface area contributed by atoms with Crippen molar-refractivity contribution < 1.29 is 0 Å². The Kier molecular flexibility index (Phi) is 3.64. The van der Waals surface area contributed by atoms with Gasteiger partial charge in [-0.3, -0.25) is 4.98 Å². The summed E-state index contributed by atoms with van der Waals surface area (Å²) in [6.07, 6.45) is 1.95. The zero-order chi connectivity index (χ0) is 12.5. The zero-order valence-corrected chi connectivity index (χ0v) is 11.6. The summed E-state index contributed by atoms with van der Waals surface area (Å²) in [5.74, 6) is 1.18. The summed E-state index contributed by atoms with van der Waals surface area (Å²) in [5.41, 5.74) is 7.97. The van der Waals surface area contributed by atoms with E-state index in [1.54, 1.807) is 0 Å². The van der Waals surface area contributed by atoms with Gasteiger partial charge in [0.25, 0.3) is 0 Å². The molecule has 2 rings (SSSR count). The Labute approximate surface area is 108 Å². The van der Waals surface area contributed by atoms with Crippen LogP contribution in [-0.4, -0.2) is 28.6 Å². The van der Waals surface area contributed by atoms with Gasteiger partial charge < -0.3 is 10.6 Å². The fraction of sp³-hybridized carbons (Fsp3) is 0.615. The number of hydrogen-bond donors (Lipinski definition) is 1. The van der Waals surface area contributed by atoms with Crippen molar-refractivity contribution in [3.05, 3.63) is 24.0 Å². The fourth-order valence-electron chi connectivity index (χ4n) is 2.09. The summed E-state index contributed by atoms with van der Waals surface area (Å²) in [6.45, 7) is 8.74. The van der Waals surface area contributed by atoms with Gasteiger partial charge in [-0.15, -0.1) is 0 Å². The largest absolute Gasteiger partial charge is 0.368 e. The second-order valence-electron chi connectivity index (χ2n) is 5.26. The van der Waals surface area contributed by atoms with Crippen LogP contribution in [-0.2, 0) is 0 Å². The first kappa shape index (κ1) is 12.7. The van der Waals surface area contributed by atoms with Crippen LogP contribution in [0.15, 0.2) is 18.3 Å². The average molecular weight is 251 g/mol. The first-order valence-electron chi connectivity index (χ1n) is 6.08. The molecular formula is C13H21N3S. The molecule has 17 heavy (non-hydrogen) atoms. The van der Waals surface area contributed by atoms with Crippen molar-refractivity contribution in [2.24, 2.45) is 5.73 Å². The number of anilines is 1. The van der Waals surface area contributed by atoms with Crippen LogP contribution in [0.2, 0.25) is 0 Å². The highest BCUT2D eigenvalue weighted by Crippen LogP contribution is 2.32. The molecule has 2 N–H and O–H groups in total. The molecular weight excluding hydrogens is 230 g/mol. The van der Waals surface area contributed by atoms with E-state index in [9.17, 15) is 0 Å². The molecule has 1 saturated heterocycles. The molecule has 0 unspecified atom stereocenters. The average Bonchev–Trinajstić information content (AvgIpc) is 2.28. The van der Waals surface area contributed by atoms with Gasteiger partial charge in [0.15, 0.2) is 0 Å². The van der Waals surface area contributed by atoms with E-state index < -0.39 is 0 Å². The summed E-state index contributed by atoms with van der Waals surface area (Å²) in [5, 5.41) is 0. The zero-order valence-electron chi connectivity index (χ0n) is 10.8. The highest BCUT2D eigenvalue weighted by molar-refractivity contribution is 8.00. The number of nitrogens with zero attached hydrogens (tertiary/aromatic N) is 2. The van der Waals surface area contributed by atoms with Crippen LogP contribution < -0.4 is 10.6 Å². The van der Waals surface area contributed by atoms with E-state index >= 15 is 0 Å². The van der Waals surface area contributed by atoms with Crippen molar-refractivity contribution in [1.29, 1.82) is 0 Å². The third-order valence-electron chi connectivity index (χ3n) is 3.03. The monoisotopic (exact) mass is 251 g/mol. The lowest BCUT2D eigenvalue weighted by Crippen LogP contribution is -2.43. The van der Waals surface area contributed by atoms with E-state index in [2.05, 4.69) is 29.8 Å². The Morgan fingerprint density at radius 3 is 2.76 bits per heavy atom. The molecule has 0 radical (unpaired) electrons. The van der Waals surface area contributed by atoms with Crippen molar-refractivity contribution >= 4 is 17.4 Å². The Morgan fingerprint density at radius 2 is 2.24 bits per heavy atom. The van der Waals surface area contributed by atoms with Gasteiger partial charge in [0.2, 0.25) is 0 Å². The van der Waals surface area contributed by atoms with E-state index in [4.69, 9.17) is 5.73 Å². The second kappa shape index (κ2) is 4.86. The summed E-state index contributed by atoms with van der Waals surface area (Å²) < 4.78 is 0.331. The van der Waals surface area contributed by atoms with Crippen molar-refractivity contribution in [2.45, 2.75) is 31.6 Å². The molecule has 1 aliphatic rings. The van der Waals surface area contributed by atoms with Gasteiger partial charge in [0.05, 0.1) is 17.6 Å². The highest BCUT2D eigenvalue weighted by Gasteiger charge is 2.27. The van der Waals surface area contributed by atoms with Crippen LogP contribution in [0.25, 0.3) is 0 Å². The lowest BCUT2D eigenvalue weighted by atomic mass is 10.1. The molecule has 1 fully saturated rings. The third kappa shape index (κ3) is 3.13. The quantitative estimate of drug-likeness (QED) is 0.876. The van der Waals surface area contributed by atoms with Gasteiger partial charge in [-0.1, -0.05) is 0 Å². The lowest BCUT2D eigenvalue weighted by Gasteiger charge is -2.38. The van der Waals surface area contributed by atoms with Crippen molar-refractivity contribution in [3.8, 4) is 0 Å². The Balaban J connectivity index is 2.12. The maximum absolute atomic E-state index is 5.81. The van der Waals surface area contributed by atoms with E-state index in [0.717, 1.165) is 18.8 Å². The van der Waals surface area contributed by atoms with Crippen molar-refractivity contribution in [3.63, 3.8) is 0 Å². The minimum absolute atomic E-state index is 0.0115. The summed E-state index contributed by atoms with van der Waals surface area (Å²) in [4.78, 5) is 6.84. The number of thioether (sulfide) groups is 1. The number of pyridine rings is 1. The molecule has 1 aromatic rings. The number of rotatable bonds is 2. The Hall–Kier alpha value is -0.740. The smallest absolute Gasteiger partial charge is 0.0569 e. The summed E-state index contributed by atoms with van der Waals surface area (Å²) in [7, 11) is 0. The summed E-state index contributed by atoms with van der Waals surface area (Å²) >= 11 is 2.04. The first-order valence-corrected chi connectivity index (χ1v) is 7.07. The number of nitrogens with two attached hydrogens (primary N) is 1. The molecule has 0 bridgehead atoms. The predicted molar refractivity (Wildman–Crippen MR) is 75.6 cm³/mol. The normalized spacial score (nSPS) is 21.3. The van der Waals surface area contributed by atoms with Gasteiger partial charge in [-0.2, -0.15) is 11.8 Å². The van der Waals surface area contributed by atoms with Crippen molar-refractivity contribution in [2.75, 3.05) is 23.7 Å². The van der Waals surface area contributed by atoms with E-state index in [0.29, 0.717) is 4.75 Å². The van der Waals surface area contributed by atoms with E-state index in [-0.39, 0.29) is 6.04 Å². The number of hydrogen-bond acceptors (Lipinski definition) is 4. The van der Waals surface area contributed by atoms with Crippen LogP contribution >= 0.6 is 11.8 Å². The molecule has 4 heteroatoms. The van der Waals surface area contributed by atoms with Crippen LogP contribution in [0, 0.1) is 0 Å². The molecule has 0 spiro atoms. The molecule has 0 aromatic carbocycles. The van der Waals surface area contributed by atoms with Gasteiger partial charge in [-0.05, 0) is 32.9 Å². The van der Waals surface area contributed by atoms with Gasteiger partial charge in [0.1, 0.15) is 0 Å². The predicted octanol–water partition coefficient (Wildman–Crippen LogP) is 2.43. The lowest BCUT2D eigenvalue weighted by molar-refractivity contribution is 0.646. The minimum Gasteiger partial charge on any atom is -0.368 e. The topological polar surface area (TPSA) is 42.1 Å². The third-order valence-corrected chi connectivity index (χ3v) is 4.33. The first-order chi connectivity index (χ1) is 7.98. The standard InChI is InChI=1S/C13H21N3S/c1-10(14)12-5-4-11(8-15-12)16-6-7-17-13(2,3)9-16/h4-5,8,10H,6-7,9,14H2,1-3H3/t10-/m1/s1. The minimum atomic E-state index is 0.0115. The molecule has 0 aliphatic carbocycles. The Bertz CT molecular complexity index is 373. The molecule has 1 atom stereocenters. The fourth-order valence-corrected chi connectivity index (χ4v) is 3.20. The van der Waals surface area contributed by atoms with E-state index in [1.165, 1.54) is 11.4 Å². The SMILES string of the molecule is C[C@@H](N)c1ccc(N2CCSC(C)(C)C2)cn1. The summed E-state index contributed by atoms with van der Waals surface area (Å²) in [6, 6.07) is 4.18. The van der Waals surface area contributed by atoms with Gasteiger partial charge in [-0.25, -0.2) is 0 Å². The van der Waals surface area contributed by atoms with Crippen LogP contribution in [0.5, 0.6) is 0 Å². The Morgan fingerprint density at radius 1 is 1.47 bits per heavy atom. The second-order valence-corrected chi connectivity index (χ2v) is 7.06. The molecule has 0 amide bonds. The molecule has 2 heterocycles. The number of aromatic nitrogens is 1.